The largest absolute Gasteiger partial charge is 0.444 e. The lowest BCUT2D eigenvalue weighted by atomic mass is 9.98. The van der Waals surface area contributed by atoms with Crippen LogP contribution in [0.1, 0.15) is 37.9 Å². The molecule has 5 nitrogen and oxygen atoms in total. The lowest BCUT2D eigenvalue weighted by molar-refractivity contribution is -0.0382. The van der Waals surface area contributed by atoms with Gasteiger partial charge in [0.25, 0.3) is 0 Å². The maximum atomic E-state index is 12.4. The molecule has 1 fully saturated rings. The van der Waals surface area contributed by atoms with Gasteiger partial charge in [-0.25, -0.2) is 4.79 Å². The summed E-state index contributed by atoms with van der Waals surface area (Å²) in [6.07, 6.45) is -0.362. The predicted octanol–water partition coefficient (Wildman–Crippen LogP) is 3.28. The molecule has 0 bridgehead atoms. The summed E-state index contributed by atoms with van der Waals surface area (Å²) in [5, 5.41) is 0.665. The molecule has 2 unspecified atom stereocenters. The molecule has 1 aromatic rings. The molecule has 0 radical (unpaired) electrons. The smallest absolute Gasteiger partial charge is 0.410 e. The number of rotatable bonds is 2. The predicted molar refractivity (Wildman–Crippen MR) is 90.7 cm³/mol. The Hall–Kier alpha value is -1.30. The minimum absolute atomic E-state index is 0.280. The molecular formula is C17H25ClN2O3. The number of carbonyl (C=O) groups is 1. The van der Waals surface area contributed by atoms with Crippen LogP contribution in [0.3, 0.4) is 0 Å². The van der Waals surface area contributed by atoms with Gasteiger partial charge in [-0.1, -0.05) is 23.7 Å². The van der Waals surface area contributed by atoms with Crippen molar-refractivity contribution >= 4 is 17.7 Å². The average Bonchev–Trinajstić information content (AvgIpc) is 2.47. The Morgan fingerprint density at radius 1 is 1.48 bits per heavy atom. The van der Waals surface area contributed by atoms with E-state index in [-0.39, 0.29) is 18.2 Å². The summed E-state index contributed by atoms with van der Waals surface area (Å²) in [7, 11) is 0. The van der Waals surface area contributed by atoms with Crippen LogP contribution >= 0.6 is 11.6 Å². The Morgan fingerprint density at radius 3 is 2.78 bits per heavy atom. The second-order valence-corrected chi connectivity index (χ2v) is 7.26. The van der Waals surface area contributed by atoms with Crippen LogP contribution in [0, 0.1) is 6.92 Å². The van der Waals surface area contributed by atoms with Gasteiger partial charge in [-0.15, -0.1) is 0 Å². The van der Waals surface area contributed by atoms with Crippen molar-refractivity contribution in [2.24, 2.45) is 5.73 Å². The summed E-state index contributed by atoms with van der Waals surface area (Å²) in [6, 6.07) is 5.05. The lowest BCUT2D eigenvalue weighted by Crippen LogP contribution is -2.54. The first kappa shape index (κ1) is 18.0. The molecule has 0 saturated carbocycles. The Kier molecular flexibility index (Phi) is 5.55. The molecule has 1 saturated heterocycles. The van der Waals surface area contributed by atoms with E-state index in [0.29, 0.717) is 24.8 Å². The third kappa shape index (κ3) is 4.59. The first-order chi connectivity index (χ1) is 10.7. The second-order valence-electron chi connectivity index (χ2n) is 6.85. The number of halogens is 1. The van der Waals surface area contributed by atoms with Crippen molar-refractivity contribution in [3.63, 3.8) is 0 Å². The highest BCUT2D eigenvalue weighted by Gasteiger charge is 2.35. The van der Waals surface area contributed by atoms with E-state index in [2.05, 4.69) is 0 Å². The van der Waals surface area contributed by atoms with Gasteiger partial charge >= 0.3 is 6.09 Å². The van der Waals surface area contributed by atoms with E-state index < -0.39 is 5.60 Å². The molecule has 128 valence electrons. The normalized spacial score (nSPS) is 20.3. The fraction of sp³-hybridized carbons (Fsp3) is 0.588. The maximum Gasteiger partial charge on any atom is 0.410 e. The molecule has 1 aliphatic heterocycles. The van der Waals surface area contributed by atoms with Crippen molar-refractivity contribution in [2.45, 2.75) is 45.4 Å². The third-order valence-corrected chi connectivity index (χ3v) is 4.20. The highest BCUT2D eigenvalue weighted by molar-refractivity contribution is 6.31. The molecule has 2 N–H and O–H groups in total. The molecule has 6 heteroatoms. The first-order valence-electron chi connectivity index (χ1n) is 7.78. The summed E-state index contributed by atoms with van der Waals surface area (Å²) < 4.78 is 11.0. The minimum Gasteiger partial charge on any atom is -0.444 e. The number of nitrogens with two attached hydrogens (primary N) is 1. The van der Waals surface area contributed by atoms with E-state index in [0.717, 1.165) is 11.1 Å². The summed E-state index contributed by atoms with van der Waals surface area (Å²) in [5.74, 6) is 0. The quantitative estimate of drug-likeness (QED) is 0.897. The number of nitrogens with zero attached hydrogens (tertiary/aromatic N) is 1. The Morgan fingerprint density at radius 2 is 2.17 bits per heavy atom. The molecule has 1 aromatic carbocycles. The summed E-state index contributed by atoms with van der Waals surface area (Å²) >= 11 is 6.19. The van der Waals surface area contributed by atoms with Crippen LogP contribution < -0.4 is 5.73 Å². The number of benzene rings is 1. The monoisotopic (exact) mass is 340 g/mol. The van der Waals surface area contributed by atoms with Gasteiger partial charge in [0, 0.05) is 11.6 Å². The topological polar surface area (TPSA) is 64.8 Å². The maximum absolute atomic E-state index is 12.4. The van der Waals surface area contributed by atoms with Gasteiger partial charge in [0.1, 0.15) is 5.60 Å². The van der Waals surface area contributed by atoms with Crippen LogP contribution in [-0.4, -0.2) is 42.4 Å². The van der Waals surface area contributed by atoms with Gasteiger partial charge < -0.3 is 15.2 Å². The van der Waals surface area contributed by atoms with E-state index in [9.17, 15) is 4.79 Å². The lowest BCUT2D eigenvalue weighted by Gasteiger charge is -2.39. The van der Waals surface area contributed by atoms with E-state index in [4.69, 9.17) is 26.8 Å². The van der Waals surface area contributed by atoms with Gasteiger partial charge in [0.15, 0.2) is 0 Å². The van der Waals surface area contributed by atoms with Gasteiger partial charge in [-0.2, -0.15) is 0 Å². The van der Waals surface area contributed by atoms with Crippen LogP contribution in [0.2, 0.25) is 5.02 Å². The number of amides is 1. The summed E-state index contributed by atoms with van der Waals surface area (Å²) in [6.45, 7) is 8.81. The van der Waals surface area contributed by atoms with Gasteiger partial charge in [0.05, 0.1) is 25.3 Å². The summed E-state index contributed by atoms with van der Waals surface area (Å²) in [4.78, 5) is 14.1. The van der Waals surface area contributed by atoms with Crippen LogP contribution in [0.15, 0.2) is 18.2 Å². The van der Waals surface area contributed by atoms with Gasteiger partial charge in [0.2, 0.25) is 0 Å². The molecule has 1 amide bonds. The second kappa shape index (κ2) is 7.07. The highest BCUT2D eigenvalue weighted by atomic mass is 35.5. The average molecular weight is 341 g/mol. The fourth-order valence-corrected chi connectivity index (χ4v) is 2.70. The molecule has 0 aromatic heterocycles. The fourth-order valence-electron chi connectivity index (χ4n) is 2.51. The number of carbonyl (C=O) groups excluding carboxylic acids is 1. The number of aryl methyl sites for hydroxylation is 1. The zero-order valence-corrected chi connectivity index (χ0v) is 14.9. The van der Waals surface area contributed by atoms with Crippen molar-refractivity contribution < 1.29 is 14.3 Å². The molecular weight excluding hydrogens is 316 g/mol. The van der Waals surface area contributed by atoms with Gasteiger partial charge in [-0.3, -0.25) is 4.90 Å². The van der Waals surface area contributed by atoms with E-state index in [1.54, 1.807) is 4.90 Å². The van der Waals surface area contributed by atoms with Crippen molar-refractivity contribution in [1.29, 1.82) is 0 Å². The molecule has 0 aliphatic carbocycles. The van der Waals surface area contributed by atoms with Crippen molar-refractivity contribution in [3.05, 3.63) is 34.3 Å². The van der Waals surface area contributed by atoms with Crippen LogP contribution in [-0.2, 0) is 9.47 Å². The zero-order chi connectivity index (χ0) is 17.2. The van der Waals surface area contributed by atoms with Crippen molar-refractivity contribution in [3.8, 4) is 0 Å². The van der Waals surface area contributed by atoms with E-state index in [1.807, 2.05) is 45.9 Å². The molecule has 2 atom stereocenters. The molecule has 0 spiro atoms. The molecule has 1 aliphatic rings. The molecule has 1 heterocycles. The molecule has 2 rings (SSSR count). The number of ether oxygens (including phenoxy) is 2. The van der Waals surface area contributed by atoms with E-state index in [1.165, 1.54) is 0 Å². The van der Waals surface area contributed by atoms with Crippen LogP contribution in [0.5, 0.6) is 0 Å². The Bertz CT molecular complexity index is 571. The minimum atomic E-state index is -0.544. The first-order valence-corrected chi connectivity index (χ1v) is 8.16. The SMILES string of the molecule is Cc1ccc(C(N)C2COCCN2C(=O)OC(C)(C)C)cc1Cl. The van der Waals surface area contributed by atoms with Gasteiger partial charge in [-0.05, 0) is 44.9 Å². The van der Waals surface area contributed by atoms with Crippen LogP contribution in [0.25, 0.3) is 0 Å². The third-order valence-electron chi connectivity index (χ3n) is 3.79. The standard InChI is InChI=1S/C17H25ClN2O3/c1-11-5-6-12(9-13(11)18)15(19)14-10-22-8-7-20(14)16(21)23-17(2,3)4/h5-6,9,14-15H,7-8,10,19H2,1-4H3. The van der Waals surface area contributed by atoms with Crippen molar-refractivity contribution in [1.82, 2.24) is 4.90 Å². The number of morpholine rings is 1. The Labute approximate surface area is 142 Å². The molecule has 23 heavy (non-hydrogen) atoms. The Balaban J connectivity index is 2.19. The van der Waals surface area contributed by atoms with Crippen LogP contribution in [0.4, 0.5) is 4.79 Å². The number of hydrogen-bond donors (Lipinski definition) is 1. The highest BCUT2D eigenvalue weighted by Crippen LogP contribution is 2.26. The summed E-state index contributed by atoms with van der Waals surface area (Å²) in [5.41, 5.74) is 7.72. The zero-order valence-electron chi connectivity index (χ0n) is 14.1. The van der Waals surface area contributed by atoms with Crippen molar-refractivity contribution in [2.75, 3.05) is 19.8 Å². The number of hydrogen-bond acceptors (Lipinski definition) is 4. The van der Waals surface area contributed by atoms with E-state index >= 15 is 0 Å².